The van der Waals surface area contributed by atoms with Crippen LogP contribution in [0.5, 0.6) is 0 Å². The second kappa shape index (κ2) is 5.09. The van der Waals surface area contributed by atoms with E-state index in [0.29, 0.717) is 16.8 Å². The Labute approximate surface area is 129 Å². The monoisotopic (exact) mass is 295 g/mol. The van der Waals surface area contributed by atoms with Crippen molar-refractivity contribution < 1.29 is 9.18 Å². The third-order valence-electron chi connectivity index (χ3n) is 3.85. The summed E-state index contributed by atoms with van der Waals surface area (Å²) >= 11 is 0. The fourth-order valence-electron chi connectivity index (χ4n) is 2.55. The number of nitrogens with one attached hydrogen (secondary N) is 1. The lowest BCUT2D eigenvalue weighted by molar-refractivity contribution is -0.110. The molecule has 2 aromatic carbocycles. The Kier molecular flexibility index (Phi) is 3.36. The molecule has 112 valence electrons. The summed E-state index contributed by atoms with van der Waals surface area (Å²) in [5.74, 6) is -0.537. The maximum Gasteiger partial charge on any atom is 0.256 e. The summed E-state index contributed by atoms with van der Waals surface area (Å²) < 4.78 is 13.4. The van der Waals surface area contributed by atoms with E-state index in [4.69, 9.17) is 0 Å². The van der Waals surface area contributed by atoms with Crippen LogP contribution >= 0.6 is 0 Å². The number of rotatable bonds is 1. The summed E-state index contributed by atoms with van der Waals surface area (Å²) in [6.07, 6.45) is 1.80. The topological polar surface area (TPSA) is 29.1 Å². The minimum Gasteiger partial charge on any atom is -0.321 e. The molecular weight excluding hydrogens is 277 g/mol. The highest BCUT2D eigenvalue weighted by Crippen LogP contribution is 2.33. The molecule has 0 atom stereocenters. The van der Waals surface area contributed by atoms with Gasteiger partial charge >= 0.3 is 0 Å². The standard InChI is InChI=1S/C19H18FNO/c1-19(2,3)13-6-4-12(5-7-13)10-16-15-11-14(20)8-9-17(15)21-18(16)22/h4-11H,1-3H3,(H,21,22)/b16-10-. The molecule has 0 aliphatic carbocycles. The lowest BCUT2D eigenvalue weighted by Crippen LogP contribution is -2.10. The fraction of sp³-hybridized carbons (Fsp3) is 0.211. The minimum absolute atomic E-state index is 0.0894. The molecular formula is C19H18FNO. The second-order valence-electron chi connectivity index (χ2n) is 6.57. The molecule has 0 fully saturated rings. The number of carbonyl (C=O) groups is 1. The molecule has 0 unspecified atom stereocenters. The molecule has 3 rings (SSSR count). The van der Waals surface area contributed by atoms with E-state index in [9.17, 15) is 9.18 Å². The third kappa shape index (κ3) is 2.67. The summed E-state index contributed by atoms with van der Waals surface area (Å²) in [6, 6.07) is 12.4. The first-order valence-electron chi connectivity index (χ1n) is 7.28. The Morgan fingerprint density at radius 3 is 2.36 bits per heavy atom. The zero-order valence-corrected chi connectivity index (χ0v) is 12.9. The third-order valence-corrected chi connectivity index (χ3v) is 3.85. The number of benzene rings is 2. The Hall–Kier alpha value is -2.42. The highest BCUT2D eigenvalue weighted by molar-refractivity contribution is 6.34. The van der Waals surface area contributed by atoms with Gasteiger partial charge in [-0.3, -0.25) is 4.79 Å². The van der Waals surface area contributed by atoms with Crippen LogP contribution in [0.4, 0.5) is 10.1 Å². The molecule has 0 bridgehead atoms. The number of fused-ring (bicyclic) bond motifs is 1. The molecule has 0 aromatic heterocycles. The summed E-state index contributed by atoms with van der Waals surface area (Å²) in [6.45, 7) is 6.47. The van der Waals surface area contributed by atoms with Gasteiger partial charge in [0.05, 0.1) is 0 Å². The van der Waals surface area contributed by atoms with Crippen molar-refractivity contribution in [2.24, 2.45) is 0 Å². The van der Waals surface area contributed by atoms with Gasteiger partial charge in [0.25, 0.3) is 5.91 Å². The normalized spacial score (nSPS) is 15.8. The van der Waals surface area contributed by atoms with E-state index >= 15 is 0 Å². The Morgan fingerprint density at radius 1 is 1.05 bits per heavy atom. The van der Waals surface area contributed by atoms with E-state index in [1.54, 1.807) is 12.1 Å². The van der Waals surface area contributed by atoms with Crippen molar-refractivity contribution in [2.45, 2.75) is 26.2 Å². The summed E-state index contributed by atoms with van der Waals surface area (Å²) in [7, 11) is 0. The summed E-state index contributed by atoms with van der Waals surface area (Å²) in [4.78, 5) is 12.1. The van der Waals surface area contributed by atoms with Crippen LogP contribution in [0.15, 0.2) is 42.5 Å². The first-order valence-corrected chi connectivity index (χ1v) is 7.28. The van der Waals surface area contributed by atoms with Crippen molar-refractivity contribution in [1.82, 2.24) is 0 Å². The number of carbonyl (C=O) groups excluding carboxylic acids is 1. The smallest absolute Gasteiger partial charge is 0.256 e. The predicted octanol–water partition coefficient (Wildman–Crippen LogP) is 4.62. The van der Waals surface area contributed by atoms with Crippen molar-refractivity contribution in [1.29, 1.82) is 0 Å². The molecule has 1 N–H and O–H groups in total. The molecule has 1 aliphatic heterocycles. The van der Waals surface area contributed by atoms with E-state index in [-0.39, 0.29) is 17.1 Å². The molecule has 0 saturated heterocycles. The number of hydrogen-bond acceptors (Lipinski definition) is 1. The average molecular weight is 295 g/mol. The Balaban J connectivity index is 1.99. The van der Waals surface area contributed by atoms with Crippen LogP contribution < -0.4 is 5.32 Å². The number of amides is 1. The van der Waals surface area contributed by atoms with Crippen molar-refractivity contribution >= 4 is 23.2 Å². The first-order chi connectivity index (χ1) is 10.3. The highest BCUT2D eigenvalue weighted by atomic mass is 19.1. The Bertz CT molecular complexity index is 767. The van der Waals surface area contributed by atoms with Crippen LogP contribution in [-0.4, -0.2) is 5.91 Å². The van der Waals surface area contributed by atoms with Crippen molar-refractivity contribution in [3.63, 3.8) is 0 Å². The van der Waals surface area contributed by atoms with E-state index in [0.717, 1.165) is 5.56 Å². The SMILES string of the molecule is CC(C)(C)c1ccc(/C=C2\C(=O)Nc3ccc(F)cc32)cc1. The highest BCUT2D eigenvalue weighted by Gasteiger charge is 2.24. The van der Waals surface area contributed by atoms with Crippen LogP contribution in [0.25, 0.3) is 11.6 Å². The van der Waals surface area contributed by atoms with Gasteiger partial charge in [0.2, 0.25) is 0 Å². The van der Waals surface area contributed by atoms with Crippen LogP contribution in [0, 0.1) is 5.82 Å². The molecule has 2 nitrogen and oxygen atoms in total. The van der Waals surface area contributed by atoms with Gasteiger partial charge in [0, 0.05) is 16.8 Å². The molecule has 1 aliphatic rings. The number of anilines is 1. The van der Waals surface area contributed by atoms with Gasteiger partial charge in [0.1, 0.15) is 5.82 Å². The largest absolute Gasteiger partial charge is 0.321 e. The quantitative estimate of drug-likeness (QED) is 0.764. The van der Waals surface area contributed by atoms with Crippen molar-refractivity contribution in [2.75, 3.05) is 5.32 Å². The molecule has 1 heterocycles. The molecule has 2 aromatic rings. The van der Waals surface area contributed by atoms with Crippen LogP contribution in [0.3, 0.4) is 0 Å². The van der Waals surface area contributed by atoms with Crippen LogP contribution in [0.1, 0.15) is 37.5 Å². The van der Waals surface area contributed by atoms with Gasteiger partial charge in [-0.1, -0.05) is 45.0 Å². The lowest BCUT2D eigenvalue weighted by atomic mass is 9.86. The summed E-state index contributed by atoms with van der Waals surface area (Å²) in [5.41, 5.74) is 4.02. The number of halogens is 1. The van der Waals surface area contributed by atoms with Gasteiger partial charge in [0.15, 0.2) is 0 Å². The zero-order valence-electron chi connectivity index (χ0n) is 12.9. The van der Waals surface area contributed by atoms with Crippen molar-refractivity contribution in [3.8, 4) is 0 Å². The van der Waals surface area contributed by atoms with Crippen LogP contribution in [-0.2, 0) is 10.2 Å². The summed E-state index contributed by atoms with van der Waals surface area (Å²) in [5, 5.41) is 2.76. The predicted molar refractivity (Wildman–Crippen MR) is 88.0 cm³/mol. The van der Waals surface area contributed by atoms with Gasteiger partial charge in [-0.05, 0) is 40.8 Å². The van der Waals surface area contributed by atoms with Gasteiger partial charge in [-0.25, -0.2) is 4.39 Å². The van der Waals surface area contributed by atoms with Gasteiger partial charge < -0.3 is 5.32 Å². The second-order valence-corrected chi connectivity index (χ2v) is 6.57. The van der Waals surface area contributed by atoms with E-state index < -0.39 is 0 Å². The maximum absolute atomic E-state index is 13.4. The molecule has 0 saturated carbocycles. The molecule has 1 amide bonds. The van der Waals surface area contributed by atoms with Crippen LogP contribution in [0.2, 0.25) is 0 Å². The number of hydrogen-bond donors (Lipinski definition) is 1. The molecule has 22 heavy (non-hydrogen) atoms. The average Bonchev–Trinajstić information content (AvgIpc) is 2.75. The van der Waals surface area contributed by atoms with E-state index in [1.165, 1.54) is 17.7 Å². The van der Waals surface area contributed by atoms with Gasteiger partial charge in [-0.2, -0.15) is 0 Å². The molecule has 0 spiro atoms. The zero-order chi connectivity index (χ0) is 15.9. The van der Waals surface area contributed by atoms with E-state index in [2.05, 4.69) is 38.2 Å². The van der Waals surface area contributed by atoms with Crippen molar-refractivity contribution in [3.05, 3.63) is 65.0 Å². The van der Waals surface area contributed by atoms with Gasteiger partial charge in [-0.15, -0.1) is 0 Å². The Morgan fingerprint density at radius 2 is 1.73 bits per heavy atom. The lowest BCUT2D eigenvalue weighted by Gasteiger charge is -2.18. The first kappa shape index (κ1) is 14.5. The van der Waals surface area contributed by atoms with E-state index in [1.807, 2.05) is 12.1 Å². The minimum atomic E-state index is -0.343. The molecule has 0 radical (unpaired) electrons. The fourth-order valence-corrected chi connectivity index (χ4v) is 2.55. The molecule has 3 heteroatoms. The maximum atomic E-state index is 13.4.